The van der Waals surface area contributed by atoms with Gasteiger partial charge >= 0.3 is 36.9 Å². The van der Waals surface area contributed by atoms with E-state index < -0.39 is 60.0 Å². The van der Waals surface area contributed by atoms with Crippen LogP contribution in [0.3, 0.4) is 0 Å². The number of aromatic nitrogens is 6. The lowest BCUT2D eigenvalue weighted by atomic mass is 9.62. The molecule has 2 aliphatic rings. The van der Waals surface area contributed by atoms with Gasteiger partial charge in [0.2, 0.25) is 0 Å². The molecule has 0 aliphatic heterocycles. The fourth-order valence-electron chi connectivity index (χ4n) is 7.10. The van der Waals surface area contributed by atoms with Gasteiger partial charge in [-0.05, 0) is 37.8 Å². The molecule has 0 saturated heterocycles. The van der Waals surface area contributed by atoms with Crippen molar-refractivity contribution in [3.63, 3.8) is 0 Å². The van der Waals surface area contributed by atoms with E-state index in [-0.39, 0.29) is 47.2 Å². The normalized spacial score (nSPS) is 15.8. The van der Waals surface area contributed by atoms with Crippen molar-refractivity contribution < 1.29 is 76.2 Å². The second-order valence-electron chi connectivity index (χ2n) is 14.5. The first-order chi connectivity index (χ1) is 29.5. The minimum Gasteiger partial charge on any atom is -0.413 e. The minimum absolute atomic E-state index is 0.0928. The van der Waals surface area contributed by atoms with Crippen molar-refractivity contribution in [2.75, 3.05) is 6.54 Å². The van der Waals surface area contributed by atoms with Gasteiger partial charge in [-0.3, -0.25) is 9.59 Å². The number of hydrogen-bond donors (Lipinski definition) is 1. The zero-order valence-corrected chi connectivity index (χ0v) is 32.1. The predicted octanol–water partition coefficient (Wildman–Crippen LogP) is 9.01. The van der Waals surface area contributed by atoms with E-state index in [1.165, 1.54) is 42.0 Å². The lowest BCUT2D eigenvalue weighted by molar-refractivity contribution is -0.276. The van der Waals surface area contributed by atoms with Crippen LogP contribution in [0.5, 0.6) is 11.5 Å². The zero-order chi connectivity index (χ0) is 45.8. The summed E-state index contributed by atoms with van der Waals surface area (Å²) in [6, 6.07) is 11.8. The average Bonchev–Trinajstić information content (AvgIpc) is 3.68. The Kier molecular flexibility index (Phi) is 13.0. The van der Waals surface area contributed by atoms with Gasteiger partial charge < -0.3 is 19.2 Å². The maximum absolute atomic E-state index is 12.8. The van der Waals surface area contributed by atoms with Gasteiger partial charge in [-0.2, -0.15) is 26.3 Å². The Morgan fingerprint density at radius 1 is 0.635 bits per heavy atom. The quantitative estimate of drug-likeness (QED) is 0.0942. The predicted molar refractivity (Wildman–Crippen MR) is 190 cm³/mol. The molecule has 0 unspecified atom stereocenters. The van der Waals surface area contributed by atoms with E-state index in [0.717, 1.165) is 25.2 Å². The van der Waals surface area contributed by atoms with Crippen LogP contribution in [0.2, 0.25) is 0 Å². The third-order valence-corrected chi connectivity index (χ3v) is 10.3. The Labute approximate surface area is 347 Å². The van der Waals surface area contributed by atoms with Crippen LogP contribution in [-0.2, 0) is 34.6 Å². The van der Waals surface area contributed by atoms with Gasteiger partial charge in [0.25, 0.3) is 5.89 Å². The van der Waals surface area contributed by atoms with Crippen LogP contribution in [0.25, 0.3) is 11.5 Å². The van der Waals surface area contributed by atoms with Gasteiger partial charge in [0.15, 0.2) is 5.78 Å². The Morgan fingerprint density at radius 2 is 1.08 bits per heavy atom. The number of rotatable bonds is 12. The van der Waals surface area contributed by atoms with Crippen LogP contribution in [-0.4, -0.2) is 67.3 Å². The molecule has 0 spiro atoms. The van der Waals surface area contributed by atoms with Crippen molar-refractivity contribution in [1.29, 1.82) is 0 Å². The highest BCUT2D eigenvalue weighted by atomic mass is 19.4. The van der Waals surface area contributed by atoms with Crippen molar-refractivity contribution in [3.05, 3.63) is 108 Å². The standard InChI is InChI=1S/C20H17F6N3O3.C19H14F6N4O2/c21-19(22,23)17(31)29-11-14(30)12-9-27-16(28-10-12)8-18(6-3-7-18)13-4-1-2-5-15(13)32-20(24,25)26;20-18(21,22)16-29-28-15(30-16)11-9-26-14(27-10-11)8-17(6-3-7-17)12-4-1-2-5-13(12)31-19(23,24)25/h1-2,4-5,9-10H,3,6-8,11H2,(H,29,31);1-2,4-5,9-10H,3,6-8H2. The Morgan fingerprint density at radius 3 is 1.46 bits per heavy atom. The van der Waals surface area contributed by atoms with E-state index in [0.29, 0.717) is 42.6 Å². The number of ketones is 1. The van der Waals surface area contributed by atoms with Crippen molar-refractivity contribution in [2.45, 2.75) is 87.3 Å². The molecule has 2 aliphatic carbocycles. The first-order valence-corrected chi connectivity index (χ1v) is 18.6. The van der Waals surface area contributed by atoms with Crippen LogP contribution in [0.1, 0.15) is 77.5 Å². The molecule has 3 heterocycles. The van der Waals surface area contributed by atoms with Gasteiger partial charge in [-0.1, -0.05) is 49.2 Å². The number of alkyl halides is 12. The molecule has 63 heavy (non-hydrogen) atoms. The van der Waals surface area contributed by atoms with Gasteiger partial charge in [-0.25, -0.2) is 19.9 Å². The molecule has 24 heteroatoms. The Bertz CT molecular complexity index is 2380. The second kappa shape index (κ2) is 17.8. The number of nitrogens with one attached hydrogen (secondary N) is 1. The molecule has 7 rings (SSSR count). The zero-order valence-electron chi connectivity index (χ0n) is 32.1. The fourth-order valence-corrected chi connectivity index (χ4v) is 7.10. The van der Waals surface area contributed by atoms with Crippen molar-refractivity contribution >= 4 is 11.7 Å². The summed E-state index contributed by atoms with van der Waals surface area (Å²) in [4.78, 5) is 39.1. The lowest BCUT2D eigenvalue weighted by Gasteiger charge is -2.42. The topological polar surface area (TPSA) is 155 Å². The summed E-state index contributed by atoms with van der Waals surface area (Å²) in [5.74, 6) is -4.93. The highest BCUT2D eigenvalue weighted by Crippen LogP contribution is 2.51. The maximum atomic E-state index is 12.8. The molecule has 3 aromatic heterocycles. The van der Waals surface area contributed by atoms with Gasteiger partial charge in [0.05, 0.1) is 17.7 Å². The molecule has 12 nitrogen and oxygen atoms in total. The summed E-state index contributed by atoms with van der Waals surface area (Å²) < 4.78 is 164. The van der Waals surface area contributed by atoms with Gasteiger partial charge in [-0.15, -0.1) is 36.5 Å². The van der Waals surface area contributed by atoms with Crippen LogP contribution in [0, 0.1) is 0 Å². The van der Waals surface area contributed by atoms with Crippen LogP contribution >= 0.6 is 0 Å². The largest absolute Gasteiger partial charge is 0.573 e. The lowest BCUT2D eigenvalue weighted by Crippen LogP contribution is -2.39. The molecule has 2 saturated carbocycles. The molecule has 0 radical (unpaired) electrons. The first kappa shape index (κ1) is 46.2. The molecule has 0 atom stereocenters. The number of benzene rings is 2. The number of ether oxygens (including phenoxy) is 2. The summed E-state index contributed by atoms with van der Waals surface area (Å²) in [5.41, 5.74) is -0.527. The summed E-state index contributed by atoms with van der Waals surface area (Å²) in [6.07, 6.45) is -10.4. The molecule has 1 amide bonds. The van der Waals surface area contributed by atoms with Gasteiger partial charge in [0.1, 0.15) is 23.1 Å². The smallest absolute Gasteiger partial charge is 0.413 e. The number of nitrogens with zero attached hydrogens (tertiary/aromatic N) is 6. The number of hydrogen-bond acceptors (Lipinski definition) is 11. The summed E-state index contributed by atoms with van der Waals surface area (Å²) in [5, 5.41) is 7.75. The summed E-state index contributed by atoms with van der Waals surface area (Å²) in [6.45, 7) is -0.882. The van der Waals surface area contributed by atoms with Crippen LogP contribution in [0.15, 0.2) is 77.7 Å². The Hall–Kier alpha value is -6.36. The van der Waals surface area contributed by atoms with Crippen molar-refractivity contribution in [3.8, 4) is 23.0 Å². The molecule has 2 fully saturated rings. The summed E-state index contributed by atoms with van der Waals surface area (Å²) >= 11 is 0. The van der Waals surface area contributed by atoms with E-state index in [1.807, 2.05) is 0 Å². The monoisotopic (exact) mass is 905 g/mol. The molecule has 5 aromatic rings. The van der Waals surface area contributed by atoms with E-state index in [9.17, 15) is 62.3 Å². The van der Waals surface area contributed by atoms with E-state index in [2.05, 4.69) is 44.0 Å². The highest BCUT2D eigenvalue weighted by molar-refractivity contribution is 5.99. The highest BCUT2D eigenvalue weighted by Gasteiger charge is 2.45. The second-order valence-corrected chi connectivity index (χ2v) is 14.5. The third kappa shape index (κ3) is 11.6. The number of amides is 1. The van der Waals surface area contributed by atoms with E-state index >= 15 is 0 Å². The average molecular weight is 906 g/mol. The number of para-hydroxylation sites is 2. The molecule has 2 aromatic carbocycles. The number of carbonyl (C=O) groups excluding carboxylic acids is 2. The third-order valence-electron chi connectivity index (χ3n) is 10.3. The fraction of sp³-hybridized carbons (Fsp3) is 0.385. The number of carbonyl (C=O) groups is 2. The van der Waals surface area contributed by atoms with E-state index in [4.69, 9.17) is 0 Å². The maximum Gasteiger partial charge on any atom is 0.573 e. The van der Waals surface area contributed by atoms with Crippen molar-refractivity contribution in [2.24, 2.45) is 0 Å². The number of Topliss-reactive ketones (excluding diaryl/α,β-unsaturated/α-hetero) is 1. The SMILES string of the molecule is FC(F)(F)Oc1ccccc1C1(Cc2ncc(-c3nnc(C(F)(F)F)o3)cn2)CCC1.O=C(CNC(=O)C(F)(F)F)c1cnc(CC2(c3ccccc3OC(F)(F)F)CCC2)nc1. The molecule has 0 bridgehead atoms. The first-order valence-electron chi connectivity index (χ1n) is 18.6. The number of halogens is 12. The molecular weight excluding hydrogens is 874 g/mol. The van der Waals surface area contributed by atoms with E-state index in [1.54, 1.807) is 24.3 Å². The van der Waals surface area contributed by atoms with Gasteiger partial charge in [0, 0.05) is 59.6 Å². The van der Waals surface area contributed by atoms with Crippen LogP contribution < -0.4 is 14.8 Å². The minimum atomic E-state index is -5.11. The molecule has 336 valence electrons. The Balaban J connectivity index is 0.000000210. The van der Waals surface area contributed by atoms with Crippen molar-refractivity contribution in [1.82, 2.24) is 35.5 Å². The molecular formula is C39H31F12N7O5. The molecule has 1 N–H and O–H groups in total. The van der Waals surface area contributed by atoms with Crippen LogP contribution in [0.4, 0.5) is 52.7 Å². The summed E-state index contributed by atoms with van der Waals surface area (Å²) in [7, 11) is 0.